The van der Waals surface area contributed by atoms with Gasteiger partial charge in [-0.3, -0.25) is 0 Å². The van der Waals surface area contributed by atoms with Crippen molar-refractivity contribution in [1.29, 1.82) is 0 Å². The van der Waals surface area contributed by atoms with Crippen molar-refractivity contribution in [2.45, 2.75) is 6.92 Å². The van der Waals surface area contributed by atoms with Crippen molar-refractivity contribution in [2.75, 3.05) is 0 Å². The van der Waals surface area contributed by atoms with Crippen LogP contribution in [0.25, 0.3) is 5.82 Å². The number of hydrogen-bond donors (Lipinski definition) is 0. The Labute approximate surface area is 69.1 Å². The lowest BCUT2D eigenvalue weighted by molar-refractivity contribution is 0.805. The average Bonchev–Trinajstić information content (AvgIpc) is 2.58. The Bertz CT molecular complexity index is 350. The van der Waals surface area contributed by atoms with Crippen LogP contribution in [0.4, 0.5) is 0 Å². The van der Waals surface area contributed by atoms with Crippen LogP contribution < -0.4 is 0 Å². The molecule has 0 atom stereocenters. The Morgan fingerprint density at radius 2 is 2.17 bits per heavy atom. The fourth-order valence-electron chi connectivity index (χ4n) is 0.841. The monoisotopic (exact) mass is 161 g/mol. The molecule has 60 valence electrons. The Hall–Kier alpha value is -1.78. The first-order valence-corrected chi connectivity index (χ1v) is 3.51. The van der Waals surface area contributed by atoms with E-state index in [1.54, 1.807) is 11.0 Å². The lowest BCUT2D eigenvalue weighted by Gasteiger charge is -1.96. The molecule has 0 saturated carbocycles. The zero-order chi connectivity index (χ0) is 8.39. The smallest absolute Gasteiger partial charge is 0.177 e. The summed E-state index contributed by atoms with van der Waals surface area (Å²) in [5.74, 6) is 0.679. The van der Waals surface area contributed by atoms with Crippen molar-refractivity contribution in [3.8, 4) is 5.82 Å². The van der Waals surface area contributed by atoms with Crippen molar-refractivity contribution in [2.24, 2.45) is 0 Å². The maximum absolute atomic E-state index is 3.93. The highest BCUT2D eigenvalue weighted by atomic mass is 15.4. The molecular weight excluding hydrogens is 154 g/mol. The van der Waals surface area contributed by atoms with E-state index in [2.05, 4.69) is 20.3 Å². The third-order valence-electron chi connectivity index (χ3n) is 1.44. The van der Waals surface area contributed by atoms with Gasteiger partial charge in [0, 0.05) is 0 Å². The van der Waals surface area contributed by atoms with Crippen molar-refractivity contribution in [3.63, 3.8) is 0 Å². The summed E-state index contributed by atoms with van der Waals surface area (Å²) < 4.78 is 1.56. The Morgan fingerprint density at radius 1 is 1.25 bits per heavy atom. The number of rotatable bonds is 1. The number of aromatic nitrogens is 5. The number of nitrogens with zero attached hydrogens (tertiary/aromatic N) is 5. The lowest BCUT2D eigenvalue weighted by atomic mass is 10.4. The molecule has 0 aliphatic rings. The molecule has 2 heterocycles. The van der Waals surface area contributed by atoms with Gasteiger partial charge in [0.1, 0.15) is 12.7 Å². The molecule has 5 nitrogen and oxygen atoms in total. The molecule has 0 bridgehead atoms. The van der Waals surface area contributed by atoms with Crippen LogP contribution in [-0.2, 0) is 0 Å². The van der Waals surface area contributed by atoms with Gasteiger partial charge in [0.2, 0.25) is 0 Å². The van der Waals surface area contributed by atoms with Crippen LogP contribution in [-0.4, -0.2) is 25.0 Å². The van der Waals surface area contributed by atoms with E-state index in [-0.39, 0.29) is 0 Å². The second-order valence-corrected chi connectivity index (χ2v) is 2.37. The summed E-state index contributed by atoms with van der Waals surface area (Å²) >= 11 is 0. The third kappa shape index (κ3) is 1.16. The number of aryl methyl sites for hydroxylation is 1. The quantitative estimate of drug-likeness (QED) is 0.606. The van der Waals surface area contributed by atoms with Crippen molar-refractivity contribution in [3.05, 3.63) is 30.5 Å². The predicted octanol–water partition coefficient (Wildman–Crippen LogP) is 0.366. The maximum Gasteiger partial charge on any atom is 0.177 e. The van der Waals surface area contributed by atoms with Gasteiger partial charge in [0.05, 0.1) is 5.69 Å². The molecule has 0 unspecified atom stereocenters. The zero-order valence-electron chi connectivity index (χ0n) is 6.55. The molecule has 0 saturated heterocycles. The molecule has 12 heavy (non-hydrogen) atoms. The van der Waals surface area contributed by atoms with E-state index in [9.17, 15) is 0 Å². The van der Waals surface area contributed by atoms with Gasteiger partial charge >= 0.3 is 0 Å². The summed E-state index contributed by atoms with van der Waals surface area (Å²) in [4.78, 5) is 3.81. The highest BCUT2D eigenvalue weighted by molar-refractivity contribution is 5.18. The first-order valence-electron chi connectivity index (χ1n) is 3.51. The third-order valence-corrected chi connectivity index (χ3v) is 1.44. The van der Waals surface area contributed by atoms with Crippen molar-refractivity contribution < 1.29 is 0 Å². The normalized spacial score (nSPS) is 10.1. The van der Waals surface area contributed by atoms with E-state index in [1.165, 1.54) is 6.33 Å². The van der Waals surface area contributed by atoms with Crippen LogP contribution in [0.15, 0.2) is 24.8 Å². The Balaban J connectivity index is 2.43. The van der Waals surface area contributed by atoms with Gasteiger partial charge in [-0.2, -0.15) is 10.2 Å². The van der Waals surface area contributed by atoms with Crippen LogP contribution in [0.1, 0.15) is 5.69 Å². The molecule has 0 aromatic carbocycles. The van der Waals surface area contributed by atoms with E-state index >= 15 is 0 Å². The van der Waals surface area contributed by atoms with E-state index < -0.39 is 0 Å². The molecule has 0 amide bonds. The molecule has 0 fully saturated rings. The highest BCUT2D eigenvalue weighted by Crippen LogP contribution is 1.98. The molecule has 2 aromatic heterocycles. The van der Waals surface area contributed by atoms with Crippen LogP contribution in [0.2, 0.25) is 0 Å². The zero-order valence-corrected chi connectivity index (χ0v) is 6.55. The second-order valence-electron chi connectivity index (χ2n) is 2.37. The minimum atomic E-state index is 0.679. The molecule has 2 aromatic rings. The van der Waals surface area contributed by atoms with Gasteiger partial charge in [-0.1, -0.05) is 0 Å². The fraction of sp³-hybridized carbons (Fsp3) is 0.143. The van der Waals surface area contributed by atoms with E-state index in [0.717, 1.165) is 5.69 Å². The Morgan fingerprint density at radius 3 is 2.75 bits per heavy atom. The molecule has 0 aliphatic heterocycles. The van der Waals surface area contributed by atoms with Gasteiger partial charge in [-0.15, -0.1) is 5.10 Å². The minimum absolute atomic E-state index is 0.679. The van der Waals surface area contributed by atoms with Crippen molar-refractivity contribution >= 4 is 0 Å². The number of hydrogen-bond acceptors (Lipinski definition) is 4. The molecule has 5 heteroatoms. The molecule has 0 spiro atoms. The SMILES string of the molecule is Cc1ccc(-n2cncn2)nn1. The molecular formula is C7H7N5. The van der Waals surface area contributed by atoms with Crippen LogP contribution in [0.3, 0.4) is 0 Å². The predicted molar refractivity (Wildman–Crippen MR) is 41.7 cm³/mol. The van der Waals surface area contributed by atoms with E-state index in [1.807, 2.05) is 19.1 Å². The summed E-state index contributed by atoms with van der Waals surface area (Å²) in [6.45, 7) is 1.89. The Kier molecular flexibility index (Phi) is 1.55. The summed E-state index contributed by atoms with van der Waals surface area (Å²) in [6, 6.07) is 3.72. The lowest BCUT2D eigenvalue weighted by Crippen LogP contribution is -1.99. The summed E-state index contributed by atoms with van der Waals surface area (Å²) in [5, 5.41) is 11.7. The fourth-order valence-corrected chi connectivity index (χ4v) is 0.841. The summed E-state index contributed by atoms with van der Waals surface area (Å²) in [5.41, 5.74) is 0.888. The van der Waals surface area contributed by atoms with E-state index in [0.29, 0.717) is 5.82 Å². The van der Waals surface area contributed by atoms with Gasteiger partial charge in [-0.25, -0.2) is 9.67 Å². The summed E-state index contributed by atoms with van der Waals surface area (Å²) in [6.07, 6.45) is 3.04. The first kappa shape index (κ1) is 6.90. The first-order chi connectivity index (χ1) is 5.86. The molecule has 0 N–H and O–H groups in total. The summed E-state index contributed by atoms with van der Waals surface area (Å²) in [7, 11) is 0. The van der Waals surface area contributed by atoms with Crippen molar-refractivity contribution in [1.82, 2.24) is 25.0 Å². The second kappa shape index (κ2) is 2.69. The minimum Gasteiger partial charge on any atom is -0.223 e. The van der Waals surface area contributed by atoms with Crippen LogP contribution in [0, 0.1) is 6.92 Å². The maximum atomic E-state index is 3.93. The highest BCUT2D eigenvalue weighted by Gasteiger charge is 1.96. The van der Waals surface area contributed by atoms with Gasteiger partial charge in [-0.05, 0) is 19.1 Å². The standard InChI is InChI=1S/C7H7N5/c1-6-2-3-7(11-10-6)12-5-8-4-9-12/h2-5H,1H3. The molecule has 0 aliphatic carbocycles. The van der Waals surface area contributed by atoms with Gasteiger partial charge in [0.15, 0.2) is 5.82 Å². The molecule has 2 rings (SSSR count). The van der Waals surface area contributed by atoms with Gasteiger partial charge in [0.25, 0.3) is 0 Å². The topological polar surface area (TPSA) is 56.5 Å². The molecule has 0 radical (unpaired) electrons. The van der Waals surface area contributed by atoms with Gasteiger partial charge < -0.3 is 0 Å². The average molecular weight is 161 g/mol. The van der Waals surface area contributed by atoms with E-state index in [4.69, 9.17) is 0 Å². The largest absolute Gasteiger partial charge is 0.223 e. The van der Waals surface area contributed by atoms with Crippen LogP contribution in [0.5, 0.6) is 0 Å². The van der Waals surface area contributed by atoms with Crippen LogP contribution >= 0.6 is 0 Å².